The zero-order chi connectivity index (χ0) is 27.9. The largest absolute Gasteiger partial charge is 0.573 e. The fourth-order valence-corrected chi connectivity index (χ4v) is 4.63. The quantitative estimate of drug-likeness (QED) is 0.339. The van der Waals surface area contributed by atoms with Crippen LogP contribution in [-0.2, 0) is 16.0 Å². The van der Waals surface area contributed by atoms with Crippen LogP contribution in [0.2, 0.25) is 0 Å². The second-order valence-electron chi connectivity index (χ2n) is 8.63. The highest BCUT2D eigenvalue weighted by molar-refractivity contribution is 5.89. The Hall–Kier alpha value is -5.06. The molecule has 2 N–H and O–H groups in total. The lowest BCUT2D eigenvalue weighted by Gasteiger charge is -2.33. The van der Waals surface area contributed by atoms with Gasteiger partial charge in [-0.05, 0) is 48.4 Å². The van der Waals surface area contributed by atoms with Crippen molar-refractivity contribution in [2.24, 2.45) is 0 Å². The van der Waals surface area contributed by atoms with E-state index in [4.69, 9.17) is 9.26 Å². The number of aromatic amines is 1. The standard InChI is InChI=1S/C25H18F3N5O6/c1-37-20(34)10-19-21-16(4-5-33(19)24(35)36)17-9-13(2-3-18(17)30-21)22-31-23(39-32-22)14-6-12(11-29)7-15(8-14)38-25(26,27)28/h2-3,6-9,19,30H,4-5,10H2,1H3,(H,35,36). The molecule has 1 unspecified atom stereocenters. The summed E-state index contributed by atoms with van der Waals surface area (Å²) >= 11 is 0. The minimum Gasteiger partial charge on any atom is -0.469 e. The number of carbonyl (C=O) groups excluding carboxylic acids is 1. The lowest BCUT2D eigenvalue weighted by molar-refractivity contribution is -0.274. The number of nitriles is 1. The molecular formula is C25H18F3N5O6. The predicted molar refractivity (Wildman–Crippen MR) is 126 cm³/mol. The summed E-state index contributed by atoms with van der Waals surface area (Å²) in [6, 6.07) is 9.48. The fraction of sp³-hybridized carbons (Fsp3) is 0.240. The third-order valence-corrected chi connectivity index (χ3v) is 6.29. The number of nitrogens with zero attached hydrogens (tertiary/aromatic N) is 4. The highest BCUT2D eigenvalue weighted by Crippen LogP contribution is 2.38. The predicted octanol–water partition coefficient (Wildman–Crippen LogP) is 4.80. The number of hydrogen-bond donors (Lipinski definition) is 2. The van der Waals surface area contributed by atoms with Gasteiger partial charge in [0.15, 0.2) is 0 Å². The molecule has 3 heterocycles. The summed E-state index contributed by atoms with van der Waals surface area (Å²) in [6.45, 7) is 0.172. The van der Waals surface area contributed by atoms with Gasteiger partial charge in [-0.1, -0.05) is 5.16 Å². The van der Waals surface area contributed by atoms with Crippen LogP contribution < -0.4 is 4.74 Å². The molecule has 0 radical (unpaired) electrons. The van der Waals surface area contributed by atoms with Gasteiger partial charge in [-0.3, -0.25) is 9.69 Å². The van der Waals surface area contributed by atoms with Crippen molar-refractivity contribution in [3.63, 3.8) is 0 Å². The number of aromatic nitrogens is 3. The number of ether oxygens (including phenoxy) is 2. The Balaban J connectivity index is 1.51. The van der Waals surface area contributed by atoms with Gasteiger partial charge in [0.05, 0.1) is 31.2 Å². The lowest BCUT2D eigenvalue weighted by atomic mass is 9.95. The van der Waals surface area contributed by atoms with Gasteiger partial charge in [0.1, 0.15) is 5.75 Å². The first-order valence-electron chi connectivity index (χ1n) is 11.4. The maximum absolute atomic E-state index is 12.7. The number of benzene rings is 2. The molecule has 0 bridgehead atoms. The SMILES string of the molecule is COC(=O)CC1c2[nH]c3ccc(-c4noc(-c5cc(C#N)cc(OC(F)(F)F)c5)n4)cc3c2CCN1C(=O)O. The van der Waals surface area contributed by atoms with Crippen molar-refractivity contribution in [1.29, 1.82) is 5.26 Å². The van der Waals surface area contributed by atoms with Crippen LogP contribution in [0.3, 0.4) is 0 Å². The molecule has 11 nitrogen and oxygen atoms in total. The third kappa shape index (κ3) is 5.06. The maximum atomic E-state index is 12.7. The number of nitrogens with one attached hydrogen (secondary N) is 1. The number of amides is 1. The van der Waals surface area contributed by atoms with Crippen molar-refractivity contribution in [2.45, 2.75) is 25.2 Å². The molecule has 0 spiro atoms. The first kappa shape index (κ1) is 25.6. The second kappa shape index (κ2) is 9.67. The van der Waals surface area contributed by atoms with Crippen molar-refractivity contribution in [1.82, 2.24) is 20.0 Å². The summed E-state index contributed by atoms with van der Waals surface area (Å²) in [5, 5.41) is 23.5. The topological polar surface area (TPSA) is 155 Å². The number of methoxy groups -OCH3 is 1. The Labute approximate surface area is 217 Å². The van der Waals surface area contributed by atoms with E-state index < -0.39 is 30.2 Å². The molecule has 4 aromatic rings. The van der Waals surface area contributed by atoms with Gasteiger partial charge in [0.25, 0.3) is 5.89 Å². The number of rotatable bonds is 5. The van der Waals surface area contributed by atoms with Crippen LogP contribution in [0.5, 0.6) is 5.75 Å². The summed E-state index contributed by atoms with van der Waals surface area (Å²) in [7, 11) is 1.23. The first-order valence-corrected chi connectivity index (χ1v) is 11.4. The zero-order valence-corrected chi connectivity index (χ0v) is 20.1. The van der Waals surface area contributed by atoms with Crippen molar-refractivity contribution in [3.8, 4) is 34.7 Å². The van der Waals surface area contributed by atoms with Crippen LogP contribution >= 0.6 is 0 Å². The molecule has 0 aliphatic carbocycles. The molecule has 1 aliphatic rings. The summed E-state index contributed by atoms with van der Waals surface area (Å²) in [6.07, 6.45) is -5.87. The Morgan fingerprint density at radius 3 is 2.74 bits per heavy atom. The highest BCUT2D eigenvalue weighted by Gasteiger charge is 2.35. The number of alkyl halides is 3. The number of halogens is 3. The molecule has 0 saturated heterocycles. The van der Waals surface area contributed by atoms with Crippen LogP contribution in [0, 0.1) is 11.3 Å². The number of fused-ring (bicyclic) bond motifs is 3. The molecule has 14 heteroatoms. The van der Waals surface area contributed by atoms with E-state index in [9.17, 15) is 33.1 Å². The molecule has 5 rings (SSSR count). The monoisotopic (exact) mass is 541 g/mol. The van der Waals surface area contributed by atoms with E-state index in [-0.39, 0.29) is 35.8 Å². The van der Waals surface area contributed by atoms with Gasteiger partial charge >= 0.3 is 18.4 Å². The Morgan fingerprint density at radius 2 is 2.05 bits per heavy atom. The van der Waals surface area contributed by atoms with Crippen LogP contribution in [0.15, 0.2) is 40.9 Å². The number of esters is 1. The van der Waals surface area contributed by atoms with Gasteiger partial charge < -0.3 is 24.1 Å². The highest BCUT2D eigenvalue weighted by atomic mass is 19.4. The van der Waals surface area contributed by atoms with E-state index >= 15 is 0 Å². The van der Waals surface area contributed by atoms with Crippen molar-refractivity contribution in [2.75, 3.05) is 13.7 Å². The summed E-state index contributed by atoms with van der Waals surface area (Å²) in [5.74, 6) is -1.15. The molecule has 2 aromatic carbocycles. The van der Waals surface area contributed by atoms with E-state index in [2.05, 4.69) is 19.9 Å². The zero-order valence-electron chi connectivity index (χ0n) is 20.1. The average Bonchev–Trinajstić information content (AvgIpc) is 3.52. The van der Waals surface area contributed by atoms with E-state index in [0.717, 1.165) is 23.1 Å². The first-order chi connectivity index (χ1) is 18.6. The molecule has 0 saturated carbocycles. The number of H-pyrrole nitrogens is 1. The molecule has 1 aliphatic heterocycles. The lowest BCUT2D eigenvalue weighted by Crippen LogP contribution is -2.40. The van der Waals surface area contributed by atoms with Crippen LogP contribution in [0.4, 0.5) is 18.0 Å². The Morgan fingerprint density at radius 1 is 1.26 bits per heavy atom. The van der Waals surface area contributed by atoms with Crippen molar-refractivity contribution in [3.05, 3.63) is 53.2 Å². The van der Waals surface area contributed by atoms with Gasteiger partial charge in [-0.2, -0.15) is 10.2 Å². The van der Waals surface area contributed by atoms with Crippen molar-refractivity contribution >= 4 is 23.0 Å². The molecule has 200 valence electrons. The van der Waals surface area contributed by atoms with E-state index in [1.54, 1.807) is 24.3 Å². The molecular weight excluding hydrogens is 523 g/mol. The second-order valence-corrected chi connectivity index (χ2v) is 8.63. The third-order valence-electron chi connectivity index (χ3n) is 6.29. The molecule has 1 atom stereocenters. The minimum absolute atomic E-state index is 0.0616. The smallest absolute Gasteiger partial charge is 0.469 e. The van der Waals surface area contributed by atoms with Crippen LogP contribution in [-0.4, -0.2) is 57.2 Å². The molecule has 2 aromatic heterocycles. The van der Waals surface area contributed by atoms with E-state index in [1.807, 2.05) is 0 Å². The Bertz CT molecular complexity index is 1640. The number of carboxylic acid groups (broad SMARTS) is 1. The average molecular weight is 541 g/mol. The van der Waals surface area contributed by atoms with Crippen molar-refractivity contribution < 1.29 is 41.9 Å². The minimum atomic E-state index is -4.95. The normalized spacial score (nSPS) is 15.1. The number of carbonyl (C=O) groups is 2. The molecule has 1 amide bonds. The summed E-state index contributed by atoms with van der Waals surface area (Å²) < 4.78 is 52.1. The van der Waals surface area contributed by atoms with Gasteiger partial charge in [-0.15, -0.1) is 13.2 Å². The van der Waals surface area contributed by atoms with E-state index in [1.165, 1.54) is 18.1 Å². The van der Waals surface area contributed by atoms with Gasteiger partial charge in [-0.25, -0.2) is 4.79 Å². The van der Waals surface area contributed by atoms with Crippen LogP contribution in [0.1, 0.15) is 29.3 Å². The number of hydrogen-bond acceptors (Lipinski definition) is 8. The van der Waals surface area contributed by atoms with E-state index in [0.29, 0.717) is 23.2 Å². The maximum Gasteiger partial charge on any atom is 0.573 e. The Kier molecular flexibility index (Phi) is 6.35. The molecule has 39 heavy (non-hydrogen) atoms. The molecule has 0 fully saturated rings. The summed E-state index contributed by atoms with van der Waals surface area (Å²) in [5.41, 5.74) is 2.60. The van der Waals surface area contributed by atoms with Gasteiger partial charge in [0, 0.05) is 34.3 Å². The van der Waals surface area contributed by atoms with Gasteiger partial charge in [0.2, 0.25) is 5.82 Å². The fourth-order valence-electron chi connectivity index (χ4n) is 4.63. The van der Waals surface area contributed by atoms with Crippen LogP contribution in [0.25, 0.3) is 33.7 Å². The summed E-state index contributed by atoms with van der Waals surface area (Å²) in [4.78, 5) is 32.5.